The van der Waals surface area contributed by atoms with Crippen LogP contribution in [0.5, 0.6) is 0 Å². The van der Waals surface area contributed by atoms with Crippen molar-refractivity contribution in [1.29, 1.82) is 0 Å². The second kappa shape index (κ2) is 6.24. The van der Waals surface area contributed by atoms with Gasteiger partial charge in [0.2, 0.25) is 0 Å². The molecule has 0 aliphatic rings. The summed E-state index contributed by atoms with van der Waals surface area (Å²) in [5.41, 5.74) is 7.81. The van der Waals surface area contributed by atoms with Crippen molar-refractivity contribution in [3.63, 3.8) is 0 Å². The minimum absolute atomic E-state index is 0.00315. The first-order valence-corrected chi connectivity index (χ1v) is 8.57. The molecule has 0 atom stereocenters. The second-order valence-corrected chi connectivity index (χ2v) is 7.49. The van der Waals surface area contributed by atoms with E-state index in [1.54, 1.807) is 0 Å². The standard InChI is InChI=1S/C17H25N3OS/c1-9(2)13-8-7-12-14(18)15(22-16(12)19-13)17(21)20(10(3)4)11(5)6/h7-11H,18H2,1-6H3. The molecule has 0 fully saturated rings. The van der Waals surface area contributed by atoms with Crippen LogP contribution < -0.4 is 5.73 Å². The summed E-state index contributed by atoms with van der Waals surface area (Å²) in [5.74, 6) is 0.353. The molecule has 0 bridgehead atoms. The number of hydrogen-bond acceptors (Lipinski definition) is 4. The van der Waals surface area contributed by atoms with E-state index in [4.69, 9.17) is 5.73 Å². The molecule has 0 spiro atoms. The molecule has 0 aliphatic carbocycles. The van der Waals surface area contributed by atoms with Crippen LogP contribution in [0.2, 0.25) is 0 Å². The third kappa shape index (κ3) is 2.95. The van der Waals surface area contributed by atoms with Gasteiger partial charge in [0.05, 0.1) is 5.69 Å². The lowest BCUT2D eigenvalue weighted by Crippen LogP contribution is -2.41. The van der Waals surface area contributed by atoms with Crippen molar-refractivity contribution >= 4 is 33.1 Å². The third-order valence-electron chi connectivity index (χ3n) is 3.75. The first-order chi connectivity index (χ1) is 10.2. The summed E-state index contributed by atoms with van der Waals surface area (Å²) >= 11 is 1.40. The van der Waals surface area contributed by atoms with E-state index in [1.807, 2.05) is 44.7 Å². The molecule has 0 radical (unpaired) electrons. The fourth-order valence-electron chi connectivity index (χ4n) is 2.67. The Morgan fingerprint density at radius 1 is 1.14 bits per heavy atom. The van der Waals surface area contributed by atoms with Gasteiger partial charge in [-0.2, -0.15) is 0 Å². The molecule has 2 aromatic rings. The maximum absolute atomic E-state index is 12.9. The van der Waals surface area contributed by atoms with Crippen LogP contribution in [0.4, 0.5) is 5.69 Å². The second-order valence-electron chi connectivity index (χ2n) is 6.49. The van der Waals surface area contributed by atoms with E-state index in [2.05, 4.69) is 18.8 Å². The number of rotatable bonds is 4. The van der Waals surface area contributed by atoms with Crippen LogP contribution in [-0.2, 0) is 0 Å². The molecule has 0 aromatic carbocycles. The number of amides is 1. The first-order valence-electron chi connectivity index (χ1n) is 7.75. The Kier molecular flexibility index (Phi) is 4.75. The molecule has 0 unspecified atom stereocenters. The molecule has 2 aromatic heterocycles. The highest BCUT2D eigenvalue weighted by Crippen LogP contribution is 2.34. The van der Waals surface area contributed by atoms with Gasteiger partial charge in [-0.05, 0) is 45.7 Å². The van der Waals surface area contributed by atoms with Crippen LogP contribution in [0.15, 0.2) is 12.1 Å². The van der Waals surface area contributed by atoms with Gasteiger partial charge >= 0.3 is 0 Å². The van der Waals surface area contributed by atoms with Crippen molar-refractivity contribution in [3.05, 3.63) is 22.7 Å². The largest absolute Gasteiger partial charge is 0.397 e. The summed E-state index contributed by atoms with van der Waals surface area (Å²) in [6, 6.07) is 4.25. The number of nitrogen functional groups attached to an aromatic ring is 1. The van der Waals surface area contributed by atoms with Crippen molar-refractivity contribution < 1.29 is 4.79 Å². The molecule has 120 valence electrons. The van der Waals surface area contributed by atoms with Crippen LogP contribution in [0, 0.1) is 0 Å². The molecule has 0 aliphatic heterocycles. The fraction of sp³-hybridized carbons (Fsp3) is 0.529. The average molecular weight is 319 g/mol. The Hall–Kier alpha value is -1.62. The molecule has 0 saturated heterocycles. The Morgan fingerprint density at radius 3 is 2.23 bits per heavy atom. The summed E-state index contributed by atoms with van der Waals surface area (Å²) < 4.78 is 0. The molecular formula is C17H25N3OS. The molecule has 0 saturated carbocycles. The van der Waals surface area contributed by atoms with Gasteiger partial charge in [0, 0.05) is 23.2 Å². The molecule has 2 rings (SSSR count). The minimum atomic E-state index is -0.00315. The molecule has 2 heterocycles. The van der Waals surface area contributed by atoms with Gasteiger partial charge in [0.25, 0.3) is 5.91 Å². The molecule has 1 amide bonds. The van der Waals surface area contributed by atoms with E-state index in [0.717, 1.165) is 15.9 Å². The summed E-state index contributed by atoms with van der Waals surface area (Å²) in [6.07, 6.45) is 0. The minimum Gasteiger partial charge on any atom is -0.397 e. The first kappa shape index (κ1) is 16.7. The number of nitrogens with two attached hydrogens (primary N) is 1. The van der Waals surface area contributed by atoms with Gasteiger partial charge in [-0.1, -0.05) is 13.8 Å². The Labute approximate surface area is 136 Å². The number of hydrogen-bond donors (Lipinski definition) is 1. The molecule has 22 heavy (non-hydrogen) atoms. The maximum atomic E-state index is 12.9. The predicted molar refractivity (Wildman–Crippen MR) is 94.6 cm³/mol. The van der Waals surface area contributed by atoms with Crippen molar-refractivity contribution in [2.75, 3.05) is 5.73 Å². The predicted octanol–water partition coefficient (Wildman–Crippen LogP) is 4.26. The molecule has 5 heteroatoms. The molecule has 2 N–H and O–H groups in total. The zero-order valence-corrected chi connectivity index (χ0v) is 15.0. The monoisotopic (exact) mass is 319 g/mol. The van der Waals surface area contributed by atoms with Gasteiger partial charge in [-0.3, -0.25) is 4.79 Å². The lowest BCUT2D eigenvalue weighted by atomic mass is 10.1. The van der Waals surface area contributed by atoms with E-state index < -0.39 is 0 Å². The van der Waals surface area contributed by atoms with Crippen LogP contribution in [0.25, 0.3) is 10.2 Å². The summed E-state index contributed by atoms with van der Waals surface area (Å²) in [4.78, 5) is 20.8. The number of carbonyl (C=O) groups is 1. The number of carbonyl (C=O) groups excluding carboxylic acids is 1. The Morgan fingerprint density at radius 2 is 1.73 bits per heavy atom. The van der Waals surface area contributed by atoms with E-state index in [-0.39, 0.29) is 18.0 Å². The average Bonchev–Trinajstić information content (AvgIpc) is 2.74. The van der Waals surface area contributed by atoms with Gasteiger partial charge in [-0.25, -0.2) is 4.98 Å². The van der Waals surface area contributed by atoms with Crippen molar-refractivity contribution in [2.45, 2.75) is 59.5 Å². The third-order valence-corrected chi connectivity index (χ3v) is 4.85. The maximum Gasteiger partial charge on any atom is 0.266 e. The quantitative estimate of drug-likeness (QED) is 0.916. The van der Waals surface area contributed by atoms with Crippen LogP contribution in [-0.4, -0.2) is 27.9 Å². The lowest BCUT2D eigenvalue weighted by molar-refractivity contribution is 0.0650. The number of fused-ring (bicyclic) bond motifs is 1. The zero-order valence-electron chi connectivity index (χ0n) is 14.2. The summed E-state index contributed by atoms with van der Waals surface area (Å²) in [7, 11) is 0. The van der Waals surface area contributed by atoms with Crippen molar-refractivity contribution in [3.8, 4) is 0 Å². The summed E-state index contributed by atoms with van der Waals surface area (Å²) in [5, 5.41) is 0.880. The normalized spacial score (nSPS) is 11.9. The topological polar surface area (TPSA) is 59.2 Å². The van der Waals surface area contributed by atoms with Crippen LogP contribution >= 0.6 is 11.3 Å². The fourth-order valence-corrected chi connectivity index (χ4v) is 3.72. The number of nitrogens with zero attached hydrogens (tertiary/aromatic N) is 2. The van der Waals surface area contributed by atoms with Gasteiger partial charge in [-0.15, -0.1) is 11.3 Å². The highest BCUT2D eigenvalue weighted by molar-refractivity contribution is 7.21. The Balaban J connectivity index is 2.51. The highest BCUT2D eigenvalue weighted by Gasteiger charge is 2.26. The number of pyridine rings is 1. The van der Waals surface area contributed by atoms with Crippen molar-refractivity contribution in [2.24, 2.45) is 0 Å². The SMILES string of the molecule is CC(C)c1ccc2c(N)c(C(=O)N(C(C)C)C(C)C)sc2n1. The van der Waals surface area contributed by atoms with Gasteiger partial charge in [0.15, 0.2) is 0 Å². The number of anilines is 1. The summed E-state index contributed by atoms with van der Waals surface area (Å²) in [6.45, 7) is 12.3. The smallest absolute Gasteiger partial charge is 0.266 e. The van der Waals surface area contributed by atoms with E-state index in [0.29, 0.717) is 16.5 Å². The zero-order chi connectivity index (χ0) is 16.6. The van der Waals surface area contributed by atoms with E-state index >= 15 is 0 Å². The van der Waals surface area contributed by atoms with E-state index in [9.17, 15) is 4.79 Å². The van der Waals surface area contributed by atoms with E-state index in [1.165, 1.54) is 11.3 Å². The van der Waals surface area contributed by atoms with Gasteiger partial charge < -0.3 is 10.6 Å². The van der Waals surface area contributed by atoms with Crippen molar-refractivity contribution in [1.82, 2.24) is 9.88 Å². The Bertz CT molecular complexity index is 681. The van der Waals surface area contributed by atoms with Crippen LogP contribution in [0.3, 0.4) is 0 Å². The molecule has 4 nitrogen and oxygen atoms in total. The lowest BCUT2D eigenvalue weighted by Gasteiger charge is -2.30. The van der Waals surface area contributed by atoms with Gasteiger partial charge in [0.1, 0.15) is 9.71 Å². The molecular weight excluding hydrogens is 294 g/mol. The number of thiophene rings is 1. The number of aromatic nitrogens is 1. The highest BCUT2D eigenvalue weighted by atomic mass is 32.1. The van der Waals surface area contributed by atoms with Crippen LogP contribution in [0.1, 0.15) is 62.8 Å².